The Morgan fingerprint density at radius 1 is 1.22 bits per heavy atom. The summed E-state index contributed by atoms with van der Waals surface area (Å²) in [5.74, 6) is -0.399. The van der Waals surface area contributed by atoms with Crippen LogP contribution in [0.2, 0.25) is 0 Å². The standard InChI is InChI=1S/C24H25FN6O/c1-14-21-17(13-19(15-6-7-15)28-22(21)31(29-14)24(2,3)4)23(32)27-16-8-9-20(18(25)12-16)30-11-5-10-26-30/h5,8-13,15H,6-7H2,1-4H3,(H,27,32). The van der Waals surface area contributed by atoms with E-state index in [-0.39, 0.29) is 11.4 Å². The molecule has 1 saturated carbocycles. The van der Waals surface area contributed by atoms with Crippen LogP contribution >= 0.6 is 0 Å². The van der Waals surface area contributed by atoms with Crippen molar-refractivity contribution in [1.29, 1.82) is 0 Å². The number of hydrogen-bond donors (Lipinski definition) is 1. The normalized spacial score (nSPS) is 14.2. The van der Waals surface area contributed by atoms with Crippen molar-refractivity contribution in [3.63, 3.8) is 0 Å². The first-order valence-electron chi connectivity index (χ1n) is 10.7. The van der Waals surface area contributed by atoms with Gasteiger partial charge < -0.3 is 5.32 Å². The summed E-state index contributed by atoms with van der Waals surface area (Å²) in [6.45, 7) is 8.08. The van der Waals surface area contributed by atoms with Crippen LogP contribution in [0.1, 0.15) is 61.3 Å². The van der Waals surface area contributed by atoms with Crippen molar-refractivity contribution >= 4 is 22.6 Å². The topological polar surface area (TPSA) is 77.6 Å². The lowest BCUT2D eigenvalue weighted by molar-refractivity contribution is 0.102. The molecule has 0 radical (unpaired) electrons. The maximum atomic E-state index is 14.7. The average molecular weight is 433 g/mol. The second-order valence-corrected chi connectivity index (χ2v) is 9.31. The predicted molar refractivity (Wildman–Crippen MR) is 121 cm³/mol. The quantitative estimate of drug-likeness (QED) is 0.495. The summed E-state index contributed by atoms with van der Waals surface area (Å²) in [6, 6.07) is 8.16. The predicted octanol–water partition coefficient (Wildman–Crippen LogP) is 4.95. The number of fused-ring (bicyclic) bond motifs is 1. The van der Waals surface area contributed by atoms with Gasteiger partial charge in [-0.15, -0.1) is 0 Å². The molecular formula is C24H25FN6O. The fourth-order valence-corrected chi connectivity index (χ4v) is 3.92. The minimum Gasteiger partial charge on any atom is -0.322 e. The summed E-state index contributed by atoms with van der Waals surface area (Å²) in [5, 5.41) is 12.3. The number of anilines is 1. The van der Waals surface area contributed by atoms with Crippen LogP contribution in [0.3, 0.4) is 0 Å². The maximum absolute atomic E-state index is 14.7. The first-order chi connectivity index (χ1) is 15.2. The second kappa shape index (κ2) is 7.25. The minimum atomic E-state index is -0.471. The molecule has 0 saturated heterocycles. The van der Waals surface area contributed by atoms with Crippen molar-refractivity contribution in [3.8, 4) is 5.69 Å². The SMILES string of the molecule is Cc1nn(C(C)(C)C)c2nc(C3CC3)cc(C(=O)Nc3ccc(-n4cccn4)c(F)c3)c12. The first-order valence-corrected chi connectivity index (χ1v) is 10.7. The molecule has 3 heterocycles. The third kappa shape index (κ3) is 3.55. The number of amides is 1. The summed E-state index contributed by atoms with van der Waals surface area (Å²) in [4.78, 5) is 18.2. The summed E-state index contributed by atoms with van der Waals surface area (Å²) in [7, 11) is 0. The number of pyridine rings is 1. The molecule has 7 nitrogen and oxygen atoms in total. The number of rotatable bonds is 4. The molecule has 4 aromatic rings. The number of halogens is 1. The van der Waals surface area contributed by atoms with Gasteiger partial charge in [0.25, 0.3) is 5.91 Å². The Balaban J connectivity index is 1.55. The van der Waals surface area contributed by atoms with E-state index in [2.05, 4.69) is 31.2 Å². The van der Waals surface area contributed by atoms with Gasteiger partial charge in [0.15, 0.2) is 11.5 Å². The van der Waals surface area contributed by atoms with Crippen molar-refractivity contribution in [1.82, 2.24) is 24.5 Å². The molecule has 5 rings (SSSR count). The number of nitrogens with one attached hydrogen (secondary N) is 1. The van der Waals surface area contributed by atoms with Crippen LogP contribution in [0.4, 0.5) is 10.1 Å². The summed E-state index contributed by atoms with van der Waals surface area (Å²) >= 11 is 0. The Labute approximate surface area is 185 Å². The highest BCUT2D eigenvalue weighted by Crippen LogP contribution is 2.41. The number of aromatic nitrogens is 5. The monoisotopic (exact) mass is 432 g/mol. The molecule has 164 valence electrons. The van der Waals surface area contributed by atoms with Gasteiger partial charge in [0, 0.05) is 29.7 Å². The zero-order valence-corrected chi connectivity index (χ0v) is 18.6. The second-order valence-electron chi connectivity index (χ2n) is 9.31. The highest BCUT2D eigenvalue weighted by Gasteiger charge is 2.30. The number of aryl methyl sites for hydroxylation is 1. The maximum Gasteiger partial charge on any atom is 0.256 e. The van der Waals surface area contributed by atoms with Crippen LogP contribution in [0.25, 0.3) is 16.7 Å². The number of carbonyl (C=O) groups excluding carboxylic acids is 1. The van der Waals surface area contributed by atoms with Gasteiger partial charge in [-0.2, -0.15) is 10.2 Å². The van der Waals surface area contributed by atoms with Crippen LogP contribution in [0, 0.1) is 12.7 Å². The van der Waals surface area contributed by atoms with Crippen molar-refractivity contribution in [2.75, 3.05) is 5.32 Å². The number of nitrogens with zero attached hydrogens (tertiary/aromatic N) is 5. The Kier molecular flexibility index (Phi) is 4.62. The van der Waals surface area contributed by atoms with E-state index >= 15 is 0 Å². The van der Waals surface area contributed by atoms with Gasteiger partial charge in [-0.1, -0.05) is 0 Å². The van der Waals surface area contributed by atoms with Gasteiger partial charge in [-0.25, -0.2) is 18.7 Å². The van der Waals surface area contributed by atoms with E-state index in [9.17, 15) is 9.18 Å². The number of carbonyl (C=O) groups is 1. The molecule has 0 spiro atoms. The molecule has 3 aromatic heterocycles. The first kappa shape index (κ1) is 20.4. The van der Waals surface area contributed by atoms with Gasteiger partial charge in [0.2, 0.25) is 0 Å². The van der Waals surface area contributed by atoms with E-state index < -0.39 is 5.82 Å². The lowest BCUT2D eigenvalue weighted by Gasteiger charge is -2.20. The largest absolute Gasteiger partial charge is 0.322 e. The van der Waals surface area contributed by atoms with Crippen molar-refractivity contribution < 1.29 is 9.18 Å². The Bertz CT molecular complexity index is 1330. The van der Waals surface area contributed by atoms with E-state index in [1.807, 2.05) is 17.7 Å². The molecule has 0 atom stereocenters. The zero-order chi connectivity index (χ0) is 22.6. The average Bonchev–Trinajstić information content (AvgIpc) is 3.33. The summed E-state index contributed by atoms with van der Waals surface area (Å²) in [6.07, 6.45) is 5.39. The molecule has 0 aliphatic heterocycles. The van der Waals surface area contributed by atoms with Crippen molar-refractivity contribution in [3.05, 3.63) is 65.5 Å². The molecular weight excluding hydrogens is 407 g/mol. The van der Waals surface area contributed by atoms with E-state index in [1.54, 1.807) is 30.6 Å². The van der Waals surface area contributed by atoms with Crippen LogP contribution < -0.4 is 5.32 Å². The number of hydrogen-bond acceptors (Lipinski definition) is 4. The molecule has 1 aliphatic rings. The van der Waals surface area contributed by atoms with E-state index in [0.29, 0.717) is 28.5 Å². The van der Waals surface area contributed by atoms with Gasteiger partial charge >= 0.3 is 0 Å². The van der Waals surface area contributed by atoms with Crippen LogP contribution in [-0.2, 0) is 5.54 Å². The van der Waals surface area contributed by atoms with Crippen LogP contribution in [0.5, 0.6) is 0 Å². The molecule has 0 bridgehead atoms. The molecule has 1 amide bonds. The molecule has 1 N–H and O–H groups in total. The molecule has 32 heavy (non-hydrogen) atoms. The number of benzene rings is 1. The van der Waals surface area contributed by atoms with Gasteiger partial charge in [0.1, 0.15) is 5.69 Å². The zero-order valence-electron chi connectivity index (χ0n) is 18.6. The third-order valence-electron chi connectivity index (χ3n) is 5.67. The fraction of sp³-hybridized carbons (Fsp3) is 0.333. The smallest absolute Gasteiger partial charge is 0.256 e. The lowest BCUT2D eigenvalue weighted by atomic mass is 10.1. The lowest BCUT2D eigenvalue weighted by Crippen LogP contribution is -2.23. The molecule has 8 heteroatoms. The summed E-state index contributed by atoms with van der Waals surface area (Å²) in [5.41, 5.74) is 3.30. The van der Waals surface area contributed by atoms with E-state index in [1.165, 1.54) is 10.7 Å². The van der Waals surface area contributed by atoms with Crippen molar-refractivity contribution in [2.24, 2.45) is 0 Å². The Morgan fingerprint density at radius 2 is 2.00 bits per heavy atom. The van der Waals surface area contributed by atoms with Crippen LogP contribution in [-0.4, -0.2) is 30.5 Å². The summed E-state index contributed by atoms with van der Waals surface area (Å²) < 4.78 is 18.0. The fourth-order valence-electron chi connectivity index (χ4n) is 3.92. The third-order valence-corrected chi connectivity index (χ3v) is 5.67. The molecule has 0 unspecified atom stereocenters. The van der Waals surface area contributed by atoms with Gasteiger partial charge in [-0.05, 0) is 70.9 Å². The van der Waals surface area contributed by atoms with Gasteiger partial charge in [0.05, 0.1) is 22.2 Å². The molecule has 1 aromatic carbocycles. The minimum absolute atomic E-state index is 0.277. The van der Waals surface area contributed by atoms with Gasteiger partial charge in [-0.3, -0.25) is 4.79 Å². The van der Waals surface area contributed by atoms with E-state index in [0.717, 1.165) is 29.6 Å². The highest BCUT2D eigenvalue weighted by molar-refractivity contribution is 6.12. The highest BCUT2D eigenvalue weighted by atomic mass is 19.1. The Morgan fingerprint density at radius 3 is 2.62 bits per heavy atom. The van der Waals surface area contributed by atoms with E-state index in [4.69, 9.17) is 10.1 Å². The molecule has 1 aliphatic carbocycles. The Hall–Kier alpha value is -3.55. The molecule has 1 fully saturated rings. The van der Waals surface area contributed by atoms with Crippen LogP contribution in [0.15, 0.2) is 42.7 Å². The van der Waals surface area contributed by atoms with Crippen molar-refractivity contribution in [2.45, 2.75) is 52.0 Å².